The summed E-state index contributed by atoms with van der Waals surface area (Å²) in [6, 6.07) is 4.38. The molecule has 0 unspecified atom stereocenters. The Morgan fingerprint density at radius 3 is 2.58 bits per heavy atom. The van der Waals surface area contributed by atoms with Gasteiger partial charge in [0.05, 0.1) is 7.11 Å². The van der Waals surface area contributed by atoms with E-state index in [0.717, 1.165) is 0 Å². The molecule has 0 aliphatic heterocycles. The van der Waals surface area contributed by atoms with Crippen LogP contribution in [0.4, 0.5) is 4.39 Å². The first kappa shape index (κ1) is 14.9. The van der Waals surface area contributed by atoms with Crippen molar-refractivity contribution in [3.05, 3.63) is 29.6 Å². The first-order chi connectivity index (χ1) is 8.97. The van der Waals surface area contributed by atoms with Crippen molar-refractivity contribution in [2.75, 3.05) is 13.7 Å². The molecule has 0 atom stereocenters. The van der Waals surface area contributed by atoms with Crippen molar-refractivity contribution >= 4 is 11.9 Å². The monoisotopic (exact) mass is 269 g/mol. The van der Waals surface area contributed by atoms with E-state index >= 15 is 0 Å². The van der Waals surface area contributed by atoms with Gasteiger partial charge in [0, 0.05) is 13.1 Å². The highest BCUT2D eigenvalue weighted by molar-refractivity contribution is 5.93. The van der Waals surface area contributed by atoms with Crippen LogP contribution in [0.25, 0.3) is 0 Å². The molecule has 1 rings (SSSR count). The standard InChI is InChI=1S/C13H16FNO4/c1-3-15(12(16)7-13(17)18)8-9-4-5-11(19-2)10(14)6-9/h4-6H,3,7-8H2,1-2H3,(H,17,18). The van der Waals surface area contributed by atoms with E-state index in [1.807, 2.05) is 0 Å². The number of hydrogen-bond acceptors (Lipinski definition) is 3. The van der Waals surface area contributed by atoms with Gasteiger partial charge in [0.15, 0.2) is 11.6 Å². The number of carboxylic acids is 1. The molecule has 19 heavy (non-hydrogen) atoms. The molecule has 1 aromatic carbocycles. The average Bonchev–Trinajstić information content (AvgIpc) is 2.35. The number of aliphatic carboxylic acids is 1. The molecule has 104 valence electrons. The largest absolute Gasteiger partial charge is 0.494 e. The van der Waals surface area contributed by atoms with Crippen molar-refractivity contribution < 1.29 is 23.8 Å². The zero-order chi connectivity index (χ0) is 14.4. The molecule has 6 heteroatoms. The minimum atomic E-state index is -1.18. The quantitative estimate of drug-likeness (QED) is 0.797. The Hall–Kier alpha value is -2.11. The van der Waals surface area contributed by atoms with Crippen molar-refractivity contribution in [1.29, 1.82) is 0 Å². The van der Waals surface area contributed by atoms with E-state index < -0.39 is 24.1 Å². The van der Waals surface area contributed by atoms with Crippen LogP contribution in [0, 0.1) is 5.82 Å². The maximum absolute atomic E-state index is 13.5. The molecule has 0 spiro atoms. The molecule has 0 radical (unpaired) electrons. The van der Waals surface area contributed by atoms with Gasteiger partial charge in [-0.05, 0) is 24.6 Å². The highest BCUT2D eigenvalue weighted by Gasteiger charge is 2.16. The maximum Gasteiger partial charge on any atom is 0.312 e. The second-order valence-electron chi connectivity index (χ2n) is 3.95. The third-order valence-corrected chi connectivity index (χ3v) is 2.63. The van der Waals surface area contributed by atoms with Crippen molar-refractivity contribution in [2.24, 2.45) is 0 Å². The molecule has 0 fully saturated rings. The highest BCUT2D eigenvalue weighted by atomic mass is 19.1. The van der Waals surface area contributed by atoms with E-state index in [1.165, 1.54) is 24.1 Å². The fraction of sp³-hybridized carbons (Fsp3) is 0.385. The van der Waals surface area contributed by atoms with Gasteiger partial charge in [0.2, 0.25) is 5.91 Å². The summed E-state index contributed by atoms with van der Waals surface area (Å²) in [4.78, 5) is 23.5. The Morgan fingerprint density at radius 1 is 1.42 bits per heavy atom. The molecule has 1 N–H and O–H groups in total. The normalized spacial score (nSPS) is 10.1. The van der Waals surface area contributed by atoms with Crippen LogP contribution < -0.4 is 4.74 Å². The first-order valence-corrected chi connectivity index (χ1v) is 5.80. The number of carboxylic acid groups (broad SMARTS) is 1. The third-order valence-electron chi connectivity index (χ3n) is 2.63. The predicted octanol–water partition coefficient (Wildman–Crippen LogP) is 1.66. The summed E-state index contributed by atoms with van der Waals surface area (Å²) in [7, 11) is 1.37. The Kier molecular flexibility index (Phi) is 5.29. The summed E-state index contributed by atoms with van der Waals surface area (Å²) in [5.41, 5.74) is 0.582. The summed E-state index contributed by atoms with van der Waals surface area (Å²) in [6.07, 6.45) is -0.563. The molecule has 5 nitrogen and oxygen atoms in total. The fourth-order valence-electron chi connectivity index (χ4n) is 1.65. The van der Waals surface area contributed by atoms with Crippen molar-refractivity contribution in [3.63, 3.8) is 0 Å². The van der Waals surface area contributed by atoms with Gasteiger partial charge >= 0.3 is 5.97 Å². The van der Waals surface area contributed by atoms with Gasteiger partial charge in [-0.2, -0.15) is 0 Å². The van der Waals surface area contributed by atoms with Crippen LogP contribution in [0.2, 0.25) is 0 Å². The lowest BCUT2D eigenvalue weighted by molar-refractivity contribution is -0.144. The molecule has 0 aliphatic carbocycles. The first-order valence-electron chi connectivity index (χ1n) is 5.80. The Bertz CT molecular complexity index is 476. The number of rotatable bonds is 6. The van der Waals surface area contributed by atoms with Gasteiger partial charge in [-0.3, -0.25) is 9.59 Å². The number of benzene rings is 1. The summed E-state index contributed by atoms with van der Waals surface area (Å²) in [5, 5.41) is 8.58. The lowest BCUT2D eigenvalue weighted by atomic mass is 10.2. The molecule has 0 aliphatic rings. The van der Waals surface area contributed by atoms with Crippen LogP contribution in [0.15, 0.2) is 18.2 Å². The number of nitrogens with zero attached hydrogens (tertiary/aromatic N) is 1. The van der Waals surface area contributed by atoms with E-state index in [9.17, 15) is 14.0 Å². The van der Waals surface area contributed by atoms with Crippen LogP contribution in [-0.4, -0.2) is 35.5 Å². The zero-order valence-corrected chi connectivity index (χ0v) is 10.9. The van der Waals surface area contributed by atoms with E-state index in [4.69, 9.17) is 9.84 Å². The van der Waals surface area contributed by atoms with E-state index in [0.29, 0.717) is 12.1 Å². The Balaban J connectivity index is 2.78. The molecule has 1 amide bonds. The summed E-state index contributed by atoms with van der Waals surface area (Å²) >= 11 is 0. The number of amides is 1. The number of hydrogen-bond donors (Lipinski definition) is 1. The Morgan fingerprint density at radius 2 is 2.11 bits per heavy atom. The fourth-order valence-corrected chi connectivity index (χ4v) is 1.65. The van der Waals surface area contributed by atoms with Crippen molar-refractivity contribution in [2.45, 2.75) is 19.9 Å². The van der Waals surface area contributed by atoms with Gasteiger partial charge in [0.25, 0.3) is 0 Å². The van der Waals surface area contributed by atoms with Crippen molar-refractivity contribution in [1.82, 2.24) is 4.90 Å². The average molecular weight is 269 g/mol. The highest BCUT2D eigenvalue weighted by Crippen LogP contribution is 2.18. The van der Waals surface area contributed by atoms with E-state index in [-0.39, 0.29) is 12.3 Å². The van der Waals surface area contributed by atoms with E-state index in [1.54, 1.807) is 13.0 Å². The molecule has 0 heterocycles. The summed E-state index contributed by atoms with van der Waals surface area (Å²) in [5.74, 6) is -2.05. The zero-order valence-electron chi connectivity index (χ0n) is 10.9. The number of ether oxygens (including phenoxy) is 1. The van der Waals surface area contributed by atoms with Gasteiger partial charge in [-0.15, -0.1) is 0 Å². The number of halogens is 1. The molecular formula is C13H16FNO4. The van der Waals surface area contributed by atoms with Crippen LogP contribution in [0.1, 0.15) is 18.9 Å². The summed E-state index contributed by atoms with van der Waals surface area (Å²) < 4.78 is 18.3. The minimum absolute atomic E-state index is 0.128. The molecular weight excluding hydrogens is 253 g/mol. The lowest BCUT2D eigenvalue weighted by Gasteiger charge is -2.20. The molecule has 1 aromatic rings. The van der Waals surface area contributed by atoms with Crippen molar-refractivity contribution in [3.8, 4) is 5.75 Å². The van der Waals surface area contributed by atoms with Crippen LogP contribution >= 0.6 is 0 Å². The van der Waals surface area contributed by atoms with Crippen LogP contribution in [-0.2, 0) is 16.1 Å². The van der Waals surface area contributed by atoms with Crippen LogP contribution in [0.5, 0.6) is 5.75 Å². The second kappa shape index (κ2) is 6.72. The van der Waals surface area contributed by atoms with E-state index in [2.05, 4.69) is 0 Å². The molecule has 0 aromatic heterocycles. The third kappa shape index (κ3) is 4.24. The predicted molar refractivity (Wildman–Crippen MR) is 66.3 cm³/mol. The number of methoxy groups -OCH3 is 1. The van der Waals surface area contributed by atoms with Gasteiger partial charge in [-0.1, -0.05) is 6.07 Å². The minimum Gasteiger partial charge on any atom is -0.494 e. The van der Waals surface area contributed by atoms with Gasteiger partial charge < -0.3 is 14.7 Å². The lowest BCUT2D eigenvalue weighted by Crippen LogP contribution is -2.31. The Labute approximate surface area is 110 Å². The number of carbonyl (C=O) groups is 2. The maximum atomic E-state index is 13.5. The number of carbonyl (C=O) groups excluding carboxylic acids is 1. The van der Waals surface area contributed by atoms with Gasteiger partial charge in [-0.25, -0.2) is 4.39 Å². The topological polar surface area (TPSA) is 66.8 Å². The van der Waals surface area contributed by atoms with Crippen LogP contribution in [0.3, 0.4) is 0 Å². The molecule has 0 saturated heterocycles. The SMILES string of the molecule is CCN(Cc1ccc(OC)c(F)c1)C(=O)CC(=O)O. The smallest absolute Gasteiger partial charge is 0.312 e. The summed E-state index contributed by atoms with van der Waals surface area (Å²) in [6.45, 7) is 2.27. The second-order valence-corrected chi connectivity index (χ2v) is 3.95. The molecule has 0 bridgehead atoms. The molecule has 0 saturated carbocycles. The van der Waals surface area contributed by atoms with Gasteiger partial charge in [0.1, 0.15) is 6.42 Å².